The molecule has 0 N–H and O–H groups in total. The summed E-state index contributed by atoms with van der Waals surface area (Å²) in [5, 5.41) is 0. The largest absolute Gasteiger partial charge is 0.0651 e. The monoisotopic (exact) mass is 250 g/mol. The fourth-order valence-electron chi connectivity index (χ4n) is 3.39. The van der Waals surface area contributed by atoms with E-state index in [1.54, 1.807) is 11.1 Å². The molecule has 0 unspecified atom stereocenters. The van der Waals surface area contributed by atoms with Crippen LogP contribution < -0.4 is 0 Å². The van der Waals surface area contributed by atoms with Gasteiger partial charge in [-0.2, -0.15) is 0 Å². The molecule has 0 nitrogen and oxygen atoms in total. The summed E-state index contributed by atoms with van der Waals surface area (Å²) < 4.78 is 0. The SMILES string of the molecule is CCCc1cccc(-c2cccc3c2CCC3)c1C. The molecular weight excluding hydrogens is 228 g/mol. The molecule has 2 aromatic carbocycles. The molecule has 19 heavy (non-hydrogen) atoms. The molecule has 2 aromatic rings. The van der Waals surface area contributed by atoms with E-state index in [9.17, 15) is 0 Å². The molecule has 0 heteroatoms. The van der Waals surface area contributed by atoms with Crippen LogP contribution in [-0.4, -0.2) is 0 Å². The standard InChI is InChI=1S/C19H22/c1-3-7-15-8-4-11-17(14(15)2)19-13-6-10-16-9-5-12-18(16)19/h4,6,8,10-11,13H,3,5,7,9,12H2,1-2H3. The van der Waals surface area contributed by atoms with Gasteiger partial charge in [0.1, 0.15) is 0 Å². The number of fused-ring (bicyclic) bond motifs is 1. The molecule has 3 rings (SSSR count). The highest BCUT2D eigenvalue weighted by Gasteiger charge is 2.16. The first-order valence-electron chi connectivity index (χ1n) is 7.51. The Bertz CT molecular complexity index is 593. The topological polar surface area (TPSA) is 0 Å². The molecule has 0 aromatic heterocycles. The van der Waals surface area contributed by atoms with Crippen molar-refractivity contribution in [2.45, 2.75) is 46.0 Å². The molecule has 1 aliphatic carbocycles. The summed E-state index contributed by atoms with van der Waals surface area (Å²) in [4.78, 5) is 0. The summed E-state index contributed by atoms with van der Waals surface area (Å²) in [5.41, 5.74) is 9.08. The van der Waals surface area contributed by atoms with Crippen LogP contribution in [0.3, 0.4) is 0 Å². The van der Waals surface area contributed by atoms with Crippen molar-refractivity contribution in [2.75, 3.05) is 0 Å². The second-order valence-electron chi connectivity index (χ2n) is 5.64. The van der Waals surface area contributed by atoms with E-state index in [1.165, 1.54) is 54.4 Å². The third-order valence-electron chi connectivity index (χ3n) is 4.40. The van der Waals surface area contributed by atoms with E-state index in [-0.39, 0.29) is 0 Å². The Morgan fingerprint density at radius 2 is 1.74 bits per heavy atom. The molecule has 0 amide bonds. The van der Waals surface area contributed by atoms with E-state index in [0.29, 0.717) is 0 Å². The fourth-order valence-corrected chi connectivity index (χ4v) is 3.39. The Hall–Kier alpha value is -1.56. The molecule has 0 atom stereocenters. The van der Waals surface area contributed by atoms with Crippen LogP contribution in [0.5, 0.6) is 0 Å². The van der Waals surface area contributed by atoms with Crippen LogP contribution in [-0.2, 0) is 19.3 Å². The van der Waals surface area contributed by atoms with E-state index < -0.39 is 0 Å². The number of benzene rings is 2. The highest BCUT2D eigenvalue weighted by Crippen LogP contribution is 2.34. The van der Waals surface area contributed by atoms with Gasteiger partial charge in [-0.05, 0) is 66.0 Å². The quantitative estimate of drug-likeness (QED) is 0.710. The molecule has 0 aliphatic heterocycles. The van der Waals surface area contributed by atoms with Crippen molar-refractivity contribution in [3.05, 3.63) is 58.7 Å². The molecule has 0 fully saturated rings. The van der Waals surface area contributed by atoms with Crippen LogP contribution in [0.25, 0.3) is 11.1 Å². The Morgan fingerprint density at radius 1 is 0.947 bits per heavy atom. The maximum absolute atomic E-state index is 2.31. The zero-order valence-electron chi connectivity index (χ0n) is 12.0. The van der Waals surface area contributed by atoms with Gasteiger partial charge in [-0.15, -0.1) is 0 Å². The van der Waals surface area contributed by atoms with Crippen LogP contribution in [0.15, 0.2) is 36.4 Å². The smallest absolute Gasteiger partial charge is 0.0146 e. The van der Waals surface area contributed by atoms with Gasteiger partial charge in [0.2, 0.25) is 0 Å². The summed E-state index contributed by atoms with van der Waals surface area (Å²) in [5.74, 6) is 0. The highest BCUT2D eigenvalue weighted by molar-refractivity contribution is 5.73. The maximum atomic E-state index is 2.31. The fraction of sp³-hybridized carbons (Fsp3) is 0.368. The van der Waals surface area contributed by atoms with Gasteiger partial charge in [-0.25, -0.2) is 0 Å². The van der Waals surface area contributed by atoms with E-state index in [2.05, 4.69) is 50.2 Å². The number of hydrogen-bond donors (Lipinski definition) is 0. The molecule has 0 saturated carbocycles. The minimum absolute atomic E-state index is 1.19. The van der Waals surface area contributed by atoms with Crippen LogP contribution in [0.1, 0.15) is 42.0 Å². The van der Waals surface area contributed by atoms with Crippen LogP contribution in [0.4, 0.5) is 0 Å². The van der Waals surface area contributed by atoms with E-state index in [1.807, 2.05) is 0 Å². The molecule has 0 radical (unpaired) electrons. The van der Waals surface area contributed by atoms with Crippen molar-refractivity contribution in [1.82, 2.24) is 0 Å². The van der Waals surface area contributed by atoms with Gasteiger partial charge in [0.15, 0.2) is 0 Å². The normalized spacial score (nSPS) is 13.6. The minimum atomic E-state index is 1.19. The molecule has 0 bridgehead atoms. The Balaban J connectivity index is 2.13. The van der Waals surface area contributed by atoms with Crippen LogP contribution >= 0.6 is 0 Å². The Labute approximate surface area is 116 Å². The third-order valence-corrected chi connectivity index (χ3v) is 4.40. The van der Waals surface area contributed by atoms with Gasteiger partial charge in [0.05, 0.1) is 0 Å². The molecule has 98 valence electrons. The van der Waals surface area contributed by atoms with Crippen molar-refractivity contribution < 1.29 is 0 Å². The molecular formula is C19H22. The first-order chi connectivity index (χ1) is 9.31. The maximum Gasteiger partial charge on any atom is -0.0146 e. The van der Waals surface area contributed by atoms with Gasteiger partial charge in [0.25, 0.3) is 0 Å². The minimum Gasteiger partial charge on any atom is -0.0651 e. The average molecular weight is 250 g/mol. The molecule has 0 spiro atoms. The second-order valence-corrected chi connectivity index (χ2v) is 5.64. The highest BCUT2D eigenvalue weighted by atomic mass is 14.2. The predicted octanol–water partition coefficient (Wildman–Crippen LogP) is 5.10. The van der Waals surface area contributed by atoms with E-state index in [0.717, 1.165) is 0 Å². The van der Waals surface area contributed by atoms with Gasteiger partial charge in [-0.3, -0.25) is 0 Å². The summed E-state index contributed by atoms with van der Waals surface area (Å²) >= 11 is 0. The van der Waals surface area contributed by atoms with Gasteiger partial charge >= 0.3 is 0 Å². The summed E-state index contributed by atoms with van der Waals surface area (Å²) in [6, 6.07) is 13.6. The van der Waals surface area contributed by atoms with Crippen LogP contribution in [0, 0.1) is 6.92 Å². The number of rotatable bonds is 3. The Morgan fingerprint density at radius 3 is 2.58 bits per heavy atom. The van der Waals surface area contributed by atoms with Gasteiger partial charge in [0, 0.05) is 0 Å². The van der Waals surface area contributed by atoms with Crippen molar-refractivity contribution in [3.63, 3.8) is 0 Å². The third kappa shape index (κ3) is 2.20. The molecule has 0 heterocycles. The average Bonchev–Trinajstić information content (AvgIpc) is 2.90. The summed E-state index contributed by atoms with van der Waals surface area (Å²) in [6.07, 6.45) is 6.24. The molecule has 1 aliphatic rings. The lowest BCUT2D eigenvalue weighted by Crippen LogP contribution is -1.95. The number of hydrogen-bond acceptors (Lipinski definition) is 0. The van der Waals surface area contributed by atoms with E-state index >= 15 is 0 Å². The first kappa shape index (κ1) is 12.5. The lowest BCUT2D eigenvalue weighted by molar-refractivity contribution is 0.910. The van der Waals surface area contributed by atoms with E-state index in [4.69, 9.17) is 0 Å². The molecule has 0 saturated heterocycles. The first-order valence-corrected chi connectivity index (χ1v) is 7.51. The Kier molecular flexibility index (Phi) is 3.42. The summed E-state index contributed by atoms with van der Waals surface area (Å²) in [6.45, 7) is 4.54. The second kappa shape index (κ2) is 5.21. The van der Waals surface area contributed by atoms with Crippen LogP contribution in [0.2, 0.25) is 0 Å². The lowest BCUT2D eigenvalue weighted by atomic mass is 9.90. The zero-order chi connectivity index (χ0) is 13.2. The number of aryl methyl sites for hydroxylation is 2. The van der Waals surface area contributed by atoms with Gasteiger partial charge in [-0.1, -0.05) is 49.7 Å². The lowest BCUT2D eigenvalue weighted by Gasteiger charge is -2.14. The van der Waals surface area contributed by atoms with Crippen molar-refractivity contribution in [3.8, 4) is 11.1 Å². The zero-order valence-corrected chi connectivity index (χ0v) is 12.0. The summed E-state index contributed by atoms with van der Waals surface area (Å²) in [7, 11) is 0. The van der Waals surface area contributed by atoms with Gasteiger partial charge < -0.3 is 0 Å². The van der Waals surface area contributed by atoms with Crippen molar-refractivity contribution in [2.24, 2.45) is 0 Å². The van der Waals surface area contributed by atoms with Crippen molar-refractivity contribution >= 4 is 0 Å². The van der Waals surface area contributed by atoms with Crippen molar-refractivity contribution in [1.29, 1.82) is 0 Å². The predicted molar refractivity (Wildman–Crippen MR) is 82.6 cm³/mol.